The van der Waals surface area contributed by atoms with Crippen LogP contribution >= 0.6 is 0 Å². The van der Waals surface area contributed by atoms with Gasteiger partial charge in [-0.2, -0.15) is 13.2 Å². The molecule has 0 spiro atoms. The molecule has 0 saturated heterocycles. The average molecular weight is 457 g/mol. The van der Waals surface area contributed by atoms with Crippen LogP contribution in [0, 0.1) is 0 Å². The molecule has 0 bridgehead atoms. The molecular formula is C23H18F3N3O4. The molecule has 1 unspecified atom stereocenters. The van der Waals surface area contributed by atoms with Gasteiger partial charge in [-0.15, -0.1) is 0 Å². The number of nitrogens with zero attached hydrogens (tertiary/aromatic N) is 3. The molecule has 2 aliphatic heterocycles. The van der Waals surface area contributed by atoms with Gasteiger partial charge in [-0.05, 0) is 17.2 Å². The molecule has 170 valence electrons. The Hall–Kier alpha value is -3.95. The molecule has 2 aliphatic rings. The van der Waals surface area contributed by atoms with Gasteiger partial charge in [0.05, 0.1) is 0 Å². The van der Waals surface area contributed by atoms with Gasteiger partial charge in [0.2, 0.25) is 5.43 Å². The minimum Gasteiger partial charge on any atom is -0.502 e. The second kappa shape index (κ2) is 7.58. The zero-order valence-corrected chi connectivity index (χ0v) is 17.1. The molecule has 7 nitrogen and oxygen atoms in total. The summed E-state index contributed by atoms with van der Waals surface area (Å²) in [6.45, 7) is -1.71. The number of alkyl halides is 3. The summed E-state index contributed by atoms with van der Waals surface area (Å²) in [6, 6.07) is 14.9. The van der Waals surface area contributed by atoms with Crippen LogP contribution in [0.1, 0.15) is 33.2 Å². The molecule has 3 aromatic rings. The lowest BCUT2D eigenvalue weighted by atomic mass is 9.94. The van der Waals surface area contributed by atoms with Crippen molar-refractivity contribution in [3.05, 3.63) is 93.4 Å². The molecule has 33 heavy (non-hydrogen) atoms. The topological polar surface area (TPSA) is 75.0 Å². The zero-order chi connectivity index (χ0) is 23.3. The van der Waals surface area contributed by atoms with E-state index in [1.54, 1.807) is 24.3 Å². The molecule has 2 aromatic carbocycles. The van der Waals surface area contributed by atoms with E-state index in [4.69, 9.17) is 4.74 Å². The van der Waals surface area contributed by atoms with Crippen molar-refractivity contribution < 1.29 is 27.8 Å². The first-order valence-electron chi connectivity index (χ1n) is 10.1. The fourth-order valence-electron chi connectivity index (χ4n) is 4.35. The van der Waals surface area contributed by atoms with Gasteiger partial charge >= 0.3 is 6.18 Å². The number of pyridine rings is 1. The van der Waals surface area contributed by atoms with Crippen LogP contribution in [0.5, 0.6) is 11.5 Å². The normalized spacial score (nSPS) is 17.5. The number of carbonyl (C=O) groups excluding carboxylic acids is 1. The number of carbonyl (C=O) groups is 1. The smallest absolute Gasteiger partial charge is 0.406 e. The second-order valence-electron chi connectivity index (χ2n) is 7.85. The van der Waals surface area contributed by atoms with Crippen LogP contribution in [0.15, 0.2) is 65.6 Å². The summed E-state index contributed by atoms with van der Waals surface area (Å²) in [5, 5.41) is 11.9. The Morgan fingerprint density at radius 3 is 2.45 bits per heavy atom. The Morgan fingerprint density at radius 2 is 1.70 bits per heavy atom. The number of hydrogen-bond acceptors (Lipinski definition) is 5. The Labute approximate surface area is 185 Å². The molecule has 0 radical (unpaired) electrons. The summed E-state index contributed by atoms with van der Waals surface area (Å²) in [7, 11) is 0. The van der Waals surface area contributed by atoms with Crippen LogP contribution in [0.25, 0.3) is 0 Å². The van der Waals surface area contributed by atoms with E-state index < -0.39 is 48.2 Å². The number of benzene rings is 2. The predicted octanol–water partition coefficient (Wildman–Crippen LogP) is 3.15. The number of hydrogen-bond donors (Lipinski definition) is 1. The molecule has 5 rings (SSSR count). The zero-order valence-electron chi connectivity index (χ0n) is 17.1. The van der Waals surface area contributed by atoms with Crippen molar-refractivity contribution in [3.8, 4) is 11.5 Å². The largest absolute Gasteiger partial charge is 0.502 e. The molecule has 0 aliphatic carbocycles. The Balaban J connectivity index is 1.75. The summed E-state index contributed by atoms with van der Waals surface area (Å²) in [6.07, 6.45) is -3.38. The number of para-hydroxylation sites is 1. The van der Waals surface area contributed by atoms with Crippen LogP contribution < -0.4 is 15.2 Å². The number of amides is 1. The number of aromatic nitrogens is 1. The molecule has 0 fully saturated rings. The minimum atomic E-state index is -4.67. The SMILES string of the molecule is O=C1c2c(O)c(=O)ccn2N(C2c3ccccc3COc3ccccc32)CN1CC(F)(F)F. The Bertz CT molecular complexity index is 1260. The fraction of sp³-hybridized carbons (Fsp3) is 0.217. The van der Waals surface area contributed by atoms with Gasteiger partial charge in [0.25, 0.3) is 5.91 Å². The van der Waals surface area contributed by atoms with Crippen molar-refractivity contribution in [2.24, 2.45) is 0 Å². The molecule has 0 saturated carbocycles. The molecule has 1 atom stereocenters. The highest BCUT2D eigenvalue weighted by atomic mass is 19.4. The maximum absolute atomic E-state index is 13.3. The molecule has 10 heteroatoms. The molecule has 3 heterocycles. The van der Waals surface area contributed by atoms with E-state index in [2.05, 4.69) is 0 Å². The third-order valence-electron chi connectivity index (χ3n) is 5.75. The van der Waals surface area contributed by atoms with Crippen LogP contribution in [0.4, 0.5) is 13.2 Å². The minimum absolute atomic E-state index is 0.255. The first kappa shape index (κ1) is 20.9. The summed E-state index contributed by atoms with van der Waals surface area (Å²) in [5.41, 5.74) is 0.900. The highest BCUT2D eigenvalue weighted by Gasteiger charge is 2.42. The summed E-state index contributed by atoms with van der Waals surface area (Å²) < 4.78 is 47.2. The predicted molar refractivity (Wildman–Crippen MR) is 112 cm³/mol. The van der Waals surface area contributed by atoms with Crippen molar-refractivity contribution >= 4 is 5.91 Å². The lowest BCUT2D eigenvalue weighted by Crippen LogP contribution is -2.57. The Kier molecular flexibility index (Phi) is 4.80. The summed E-state index contributed by atoms with van der Waals surface area (Å²) >= 11 is 0. The van der Waals surface area contributed by atoms with E-state index in [-0.39, 0.29) is 6.61 Å². The van der Waals surface area contributed by atoms with E-state index >= 15 is 0 Å². The average Bonchev–Trinajstić information content (AvgIpc) is 2.94. The lowest BCUT2D eigenvalue weighted by Gasteiger charge is -2.44. The van der Waals surface area contributed by atoms with E-state index in [0.29, 0.717) is 16.2 Å². The highest BCUT2D eigenvalue weighted by Crippen LogP contribution is 2.40. The van der Waals surface area contributed by atoms with Gasteiger partial charge in [-0.25, -0.2) is 0 Å². The number of fused-ring (bicyclic) bond motifs is 3. The third-order valence-corrected chi connectivity index (χ3v) is 5.75. The number of rotatable bonds is 2. The van der Waals surface area contributed by atoms with Crippen molar-refractivity contribution in [2.45, 2.75) is 18.8 Å². The van der Waals surface area contributed by atoms with Crippen LogP contribution in [0.2, 0.25) is 0 Å². The number of ether oxygens (including phenoxy) is 1. The monoisotopic (exact) mass is 457 g/mol. The second-order valence-corrected chi connectivity index (χ2v) is 7.85. The van der Waals surface area contributed by atoms with Crippen molar-refractivity contribution in [3.63, 3.8) is 0 Å². The van der Waals surface area contributed by atoms with Gasteiger partial charge in [-0.3, -0.25) is 19.3 Å². The fourth-order valence-corrected chi connectivity index (χ4v) is 4.35. The van der Waals surface area contributed by atoms with Crippen LogP contribution in [-0.4, -0.2) is 40.0 Å². The number of halogens is 3. The summed E-state index contributed by atoms with van der Waals surface area (Å²) in [5.74, 6) is -1.43. The first-order chi connectivity index (χ1) is 15.7. The van der Waals surface area contributed by atoms with E-state index in [0.717, 1.165) is 17.2 Å². The molecular weight excluding hydrogens is 439 g/mol. The van der Waals surface area contributed by atoms with Crippen molar-refractivity contribution in [2.75, 3.05) is 18.2 Å². The van der Waals surface area contributed by atoms with Gasteiger partial charge in [0.15, 0.2) is 11.4 Å². The maximum atomic E-state index is 13.3. The van der Waals surface area contributed by atoms with Crippen LogP contribution in [-0.2, 0) is 6.61 Å². The standard InChI is InChI=1S/C23H18F3N3O4/c24-23(25,26)12-27-13-29(28-10-9-17(30)21(31)20(28)22(27)32)19-15-6-2-1-5-14(15)11-33-18-8-4-3-7-16(18)19/h1-10,19,31H,11-13H2. The van der Waals surface area contributed by atoms with Crippen LogP contribution in [0.3, 0.4) is 0 Å². The molecule has 1 N–H and O–H groups in total. The number of aromatic hydroxyl groups is 1. The van der Waals surface area contributed by atoms with Crippen molar-refractivity contribution in [1.29, 1.82) is 0 Å². The van der Waals surface area contributed by atoms with Gasteiger partial charge in [-0.1, -0.05) is 42.5 Å². The van der Waals surface area contributed by atoms with E-state index in [9.17, 15) is 27.9 Å². The van der Waals surface area contributed by atoms with Crippen molar-refractivity contribution in [1.82, 2.24) is 9.58 Å². The quantitative estimate of drug-likeness (QED) is 0.640. The van der Waals surface area contributed by atoms with Gasteiger partial charge in [0, 0.05) is 17.8 Å². The van der Waals surface area contributed by atoms with E-state index in [1.165, 1.54) is 15.9 Å². The summed E-state index contributed by atoms with van der Waals surface area (Å²) in [4.78, 5) is 25.6. The molecule has 1 amide bonds. The first-order valence-corrected chi connectivity index (χ1v) is 10.1. The van der Waals surface area contributed by atoms with E-state index in [1.807, 2.05) is 24.3 Å². The Morgan fingerprint density at radius 1 is 1.00 bits per heavy atom. The molecule has 1 aromatic heterocycles. The lowest BCUT2D eigenvalue weighted by molar-refractivity contribution is -0.141. The van der Waals surface area contributed by atoms with Gasteiger partial charge in [0.1, 0.15) is 31.6 Å². The highest BCUT2D eigenvalue weighted by molar-refractivity contribution is 5.96. The maximum Gasteiger partial charge on any atom is 0.406 e. The van der Waals surface area contributed by atoms with Gasteiger partial charge < -0.3 is 14.7 Å². The third kappa shape index (κ3) is 3.57.